The van der Waals surface area contributed by atoms with Crippen molar-refractivity contribution in [3.05, 3.63) is 18.1 Å². The summed E-state index contributed by atoms with van der Waals surface area (Å²) in [5.74, 6) is 1.45. The number of nitrogens with two attached hydrogens (primary N) is 1. The number of anilines is 1. The van der Waals surface area contributed by atoms with E-state index in [-0.39, 0.29) is 0 Å². The van der Waals surface area contributed by atoms with Crippen LogP contribution in [0.2, 0.25) is 0 Å². The molecule has 13 heavy (non-hydrogen) atoms. The van der Waals surface area contributed by atoms with Crippen molar-refractivity contribution in [3.8, 4) is 0 Å². The van der Waals surface area contributed by atoms with Gasteiger partial charge in [0.2, 0.25) is 0 Å². The highest BCUT2D eigenvalue weighted by molar-refractivity contribution is 5.41. The van der Waals surface area contributed by atoms with Gasteiger partial charge in [-0.05, 0) is 5.92 Å². The van der Waals surface area contributed by atoms with E-state index in [9.17, 15) is 0 Å². The van der Waals surface area contributed by atoms with Crippen LogP contribution >= 0.6 is 0 Å². The molecule has 0 radical (unpaired) electrons. The third-order valence-electron chi connectivity index (χ3n) is 1.69. The molecular formula is C9H16N4. The minimum absolute atomic E-state index is 0.473. The van der Waals surface area contributed by atoms with Crippen molar-refractivity contribution in [2.45, 2.75) is 20.4 Å². The minimum atomic E-state index is 0.473. The van der Waals surface area contributed by atoms with Crippen molar-refractivity contribution in [3.63, 3.8) is 0 Å². The van der Waals surface area contributed by atoms with E-state index in [1.54, 1.807) is 6.20 Å². The Balaban J connectivity index is 2.64. The summed E-state index contributed by atoms with van der Waals surface area (Å²) in [6.45, 7) is 5.68. The first-order valence-electron chi connectivity index (χ1n) is 4.47. The molecule has 3 N–H and O–H groups in total. The molecule has 1 heterocycles. The van der Waals surface area contributed by atoms with Crippen molar-refractivity contribution >= 4 is 5.82 Å². The zero-order valence-corrected chi connectivity index (χ0v) is 8.12. The van der Waals surface area contributed by atoms with Gasteiger partial charge in [-0.15, -0.1) is 0 Å². The van der Waals surface area contributed by atoms with Crippen LogP contribution in [0.5, 0.6) is 0 Å². The van der Waals surface area contributed by atoms with Gasteiger partial charge in [-0.25, -0.2) is 9.97 Å². The smallest absolute Gasteiger partial charge is 0.133 e. The molecule has 0 aliphatic heterocycles. The topological polar surface area (TPSA) is 63.8 Å². The van der Waals surface area contributed by atoms with Crippen LogP contribution in [-0.2, 0) is 6.54 Å². The SMILES string of the molecule is CC(C)CNc1ncncc1CN. The van der Waals surface area contributed by atoms with E-state index in [1.807, 2.05) is 0 Å². The average Bonchev–Trinajstić information content (AvgIpc) is 2.15. The molecule has 0 saturated carbocycles. The number of nitrogens with one attached hydrogen (secondary N) is 1. The van der Waals surface area contributed by atoms with Crippen molar-refractivity contribution in [1.29, 1.82) is 0 Å². The molecule has 0 aromatic carbocycles. The Labute approximate surface area is 78.6 Å². The Morgan fingerprint density at radius 2 is 2.31 bits per heavy atom. The summed E-state index contributed by atoms with van der Waals surface area (Å²) in [4.78, 5) is 8.03. The van der Waals surface area contributed by atoms with Crippen LogP contribution in [0.1, 0.15) is 19.4 Å². The second-order valence-corrected chi connectivity index (χ2v) is 3.38. The lowest BCUT2D eigenvalue weighted by atomic mass is 10.2. The molecular weight excluding hydrogens is 164 g/mol. The van der Waals surface area contributed by atoms with Crippen molar-refractivity contribution < 1.29 is 0 Å². The largest absolute Gasteiger partial charge is 0.369 e. The fourth-order valence-corrected chi connectivity index (χ4v) is 0.968. The van der Waals surface area contributed by atoms with E-state index in [0.29, 0.717) is 12.5 Å². The standard InChI is InChI=1S/C9H16N4/c1-7(2)4-12-9-8(3-10)5-11-6-13-9/h5-7H,3-4,10H2,1-2H3,(H,11,12,13). The number of nitrogens with zero attached hydrogens (tertiary/aromatic N) is 2. The summed E-state index contributed by atoms with van der Waals surface area (Å²) in [6, 6.07) is 0. The Kier molecular flexibility index (Phi) is 3.64. The van der Waals surface area contributed by atoms with Crippen LogP contribution in [0, 0.1) is 5.92 Å². The second kappa shape index (κ2) is 4.77. The number of aromatic nitrogens is 2. The average molecular weight is 180 g/mol. The van der Waals surface area contributed by atoms with Gasteiger partial charge in [0, 0.05) is 24.8 Å². The normalized spacial score (nSPS) is 10.5. The quantitative estimate of drug-likeness (QED) is 0.725. The molecule has 72 valence electrons. The maximum absolute atomic E-state index is 5.54. The minimum Gasteiger partial charge on any atom is -0.369 e. The molecule has 0 bridgehead atoms. The van der Waals surface area contributed by atoms with E-state index in [0.717, 1.165) is 17.9 Å². The van der Waals surface area contributed by atoms with Gasteiger partial charge in [0.25, 0.3) is 0 Å². The molecule has 1 rings (SSSR count). The van der Waals surface area contributed by atoms with Crippen LogP contribution < -0.4 is 11.1 Å². The Morgan fingerprint density at radius 3 is 2.92 bits per heavy atom. The molecule has 0 unspecified atom stereocenters. The maximum Gasteiger partial charge on any atom is 0.133 e. The van der Waals surface area contributed by atoms with E-state index in [1.165, 1.54) is 6.33 Å². The summed E-state index contributed by atoms with van der Waals surface area (Å²) in [5.41, 5.74) is 6.50. The first kappa shape index (κ1) is 9.92. The van der Waals surface area contributed by atoms with Gasteiger partial charge in [0.1, 0.15) is 12.1 Å². The van der Waals surface area contributed by atoms with Gasteiger partial charge in [0.15, 0.2) is 0 Å². The summed E-state index contributed by atoms with van der Waals surface area (Å²) in [5, 5.41) is 3.23. The highest BCUT2D eigenvalue weighted by atomic mass is 15.0. The summed E-state index contributed by atoms with van der Waals surface area (Å²) in [6.07, 6.45) is 3.28. The molecule has 1 aromatic rings. The van der Waals surface area contributed by atoms with Crippen LogP contribution in [0.4, 0.5) is 5.82 Å². The fourth-order valence-electron chi connectivity index (χ4n) is 0.968. The Morgan fingerprint density at radius 1 is 1.54 bits per heavy atom. The van der Waals surface area contributed by atoms with Crippen molar-refractivity contribution in [2.24, 2.45) is 11.7 Å². The van der Waals surface area contributed by atoms with E-state index in [4.69, 9.17) is 5.73 Å². The van der Waals surface area contributed by atoms with Crippen LogP contribution in [0.3, 0.4) is 0 Å². The predicted octanol–water partition coefficient (Wildman–Crippen LogP) is 1.00. The molecule has 4 heteroatoms. The first-order valence-corrected chi connectivity index (χ1v) is 4.47. The molecule has 1 aromatic heterocycles. The third-order valence-corrected chi connectivity index (χ3v) is 1.69. The van der Waals surface area contributed by atoms with Crippen LogP contribution in [-0.4, -0.2) is 16.5 Å². The summed E-state index contributed by atoms with van der Waals surface area (Å²) < 4.78 is 0. The number of hydrogen-bond acceptors (Lipinski definition) is 4. The summed E-state index contributed by atoms with van der Waals surface area (Å²) >= 11 is 0. The predicted molar refractivity (Wildman–Crippen MR) is 53.3 cm³/mol. The van der Waals surface area contributed by atoms with Gasteiger partial charge >= 0.3 is 0 Å². The summed E-state index contributed by atoms with van der Waals surface area (Å²) in [7, 11) is 0. The second-order valence-electron chi connectivity index (χ2n) is 3.38. The maximum atomic E-state index is 5.54. The van der Waals surface area contributed by atoms with Gasteiger partial charge in [-0.1, -0.05) is 13.8 Å². The third kappa shape index (κ3) is 2.99. The van der Waals surface area contributed by atoms with E-state index >= 15 is 0 Å². The van der Waals surface area contributed by atoms with Crippen LogP contribution in [0.25, 0.3) is 0 Å². The van der Waals surface area contributed by atoms with E-state index in [2.05, 4.69) is 29.1 Å². The fraction of sp³-hybridized carbons (Fsp3) is 0.556. The molecule has 0 saturated heterocycles. The van der Waals surface area contributed by atoms with Gasteiger partial charge in [0.05, 0.1) is 0 Å². The molecule has 0 amide bonds. The van der Waals surface area contributed by atoms with E-state index < -0.39 is 0 Å². The number of rotatable bonds is 4. The van der Waals surface area contributed by atoms with Crippen molar-refractivity contribution in [1.82, 2.24) is 9.97 Å². The zero-order valence-electron chi connectivity index (χ0n) is 8.12. The van der Waals surface area contributed by atoms with Crippen molar-refractivity contribution in [2.75, 3.05) is 11.9 Å². The first-order chi connectivity index (χ1) is 6.24. The zero-order chi connectivity index (χ0) is 9.68. The molecule has 0 atom stereocenters. The highest BCUT2D eigenvalue weighted by Gasteiger charge is 2.01. The lowest BCUT2D eigenvalue weighted by molar-refractivity contribution is 0.685. The Bertz CT molecular complexity index is 260. The number of hydrogen-bond donors (Lipinski definition) is 2. The molecule has 0 fully saturated rings. The highest BCUT2D eigenvalue weighted by Crippen LogP contribution is 2.09. The molecule has 4 nitrogen and oxygen atoms in total. The van der Waals surface area contributed by atoms with Gasteiger partial charge in [-0.3, -0.25) is 0 Å². The van der Waals surface area contributed by atoms with Crippen LogP contribution in [0.15, 0.2) is 12.5 Å². The lowest BCUT2D eigenvalue weighted by Gasteiger charge is -2.10. The lowest BCUT2D eigenvalue weighted by Crippen LogP contribution is -2.12. The molecule has 0 spiro atoms. The molecule has 0 aliphatic rings. The Hall–Kier alpha value is -1.16. The van der Waals surface area contributed by atoms with Gasteiger partial charge < -0.3 is 11.1 Å². The van der Waals surface area contributed by atoms with Gasteiger partial charge in [-0.2, -0.15) is 0 Å². The molecule has 0 aliphatic carbocycles. The monoisotopic (exact) mass is 180 g/mol.